The first-order chi connectivity index (χ1) is 13.2. The third-order valence-electron chi connectivity index (χ3n) is 4.46. The number of nitrogens with zero attached hydrogens (tertiary/aromatic N) is 3. The van der Waals surface area contributed by atoms with Gasteiger partial charge >= 0.3 is 0 Å². The Hall–Kier alpha value is -3.53. The van der Waals surface area contributed by atoms with Crippen LogP contribution in [0.25, 0.3) is 22.2 Å². The van der Waals surface area contributed by atoms with Crippen LogP contribution >= 0.6 is 0 Å². The van der Waals surface area contributed by atoms with Crippen LogP contribution < -0.4 is 5.43 Å². The summed E-state index contributed by atoms with van der Waals surface area (Å²) in [6.07, 6.45) is 1.79. The van der Waals surface area contributed by atoms with Gasteiger partial charge in [-0.2, -0.15) is 5.10 Å². The van der Waals surface area contributed by atoms with E-state index in [1.807, 2.05) is 42.5 Å². The van der Waals surface area contributed by atoms with E-state index in [2.05, 4.69) is 59.7 Å². The lowest BCUT2D eigenvalue weighted by Crippen LogP contribution is -2.00. The number of aryl methyl sites for hydroxylation is 2. The number of anilines is 1. The Labute approximate surface area is 158 Å². The Kier molecular flexibility index (Phi) is 4.62. The Morgan fingerprint density at radius 2 is 1.63 bits per heavy atom. The highest BCUT2D eigenvalue weighted by Gasteiger charge is 2.09. The molecule has 4 rings (SSSR count). The Morgan fingerprint density at radius 1 is 0.852 bits per heavy atom. The molecule has 0 saturated heterocycles. The Balaban J connectivity index is 1.74. The molecule has 4 nitrogen and oxygen atoms in total. The van der Waals surface area contributed by atoms with Crippen LogP contribution in [0.5, 0.6) is 0 Å². The summed E-state index contributed by atoms with van der Waals surface area (Å²) in [7, 11) is 0. The van der Waals surface area contributed by atoms with E-state index in [0.29, 0.717) is 5.95 Å². The molecule has 0 spiro atoms. The first kappa shape index (κ1) is 16.9. The van der Waals surface area contributed by atoms with Gasteiger partial charge in [-0.05, 0) is 37.1 Å². The van der Waals surface area contributed by atoms with E-state index in [1.165, 1.54) is 11.1 Å². The van der Waals surface area contributed by atoms with Gasteiger partial charge in [0.1, 0.15) is 0 Å². The van der Waals surface area contributed by atoms with E-state index in [1.54, 1.807) is 6.21 Å². The van der Waals surface area contributed by atoms with E-state index >= 15 is 0 Å². The zero-order chi connectivity index (χ0) is 18.6. The Bertz CT molecular complexity index is 1120. The number of hydrazone groups is 1. The van der Waals surface area contributed by atoms with Crippen molar-refractivity contribution >= 4 is 23.1 Å². The van der Waals surface area contributed by atoms with E-state index in [-0.39, 0.29) is 0 Å². The minimum atomic E-state index is 0.482. The second-order valence-corrected chi connectivity index (χ2v) is 6.51. The zero-order valence-corrected chi connectivity index (χ0v) is 15.3. The molecule has 0 fully saturated rings. The highest BCUT2D eigenvalue weighted by molar-refractivity contribution is 5.93. The second-order valence-electron chi connectivity index (χ2n) is 6.51. The normalized spacial score (nSPS) is 11.2. The fraction of sp³-hybridized carbons (Fsp3) is 0.0870. The molecule has 4 heteroatoms. The quantitative estimate of drug-likeness (QED) is 0.397. The molecule has 132 valence electrons. The highest BCUT2D eigenvalue weighted by Crippen LogP contribution is 2.28. The maximum absolute atomic E-state index is 4.73. The van der Waals surface area contributed by atoms with Crippen LogP contribution in [0, 0.1) is 13.8 Å². The average molecular weight is 352 g/mol. The maximum Gasteiger partial charge on any atom is 0.244 e. The fourth-order valence-corrected chi connectivity index (χ4v) is 3.00. The van der Waals surface area contributed by atoms with E-state index in [4.69, 9.17) is 4.98 Å². The van der Waals surface area contributed by atoms with Crippen LogP contribution in [0.3, 0.4) is 0 Å². The van der Waals surface area contributed by atoms with Gasteiger partial charge in [-0.3, -0.25) is 0 Å². The smallest absolute Gasteiger partial charge is 0.244 e. The van der Waals surface area contributed by atoms with E-state index in [0.717, 1.165) is 27.7 Å². The summed E-state index contributed by atoms with van der Waals surface area (Å²) in [4.78, 5) is 9.35. The van der Waals surface area contributed by atoms with Crippen molar-refractivity contribution in [3.8, 4) is 11.3 Å². The summed E-state index contributed by atoms with van der Waals surface area (Å²) in [5.41, 5.74) is 9.25. The number of nitrogens with one attached hydrogen (secondary N) is 1. The minimum Gasteiger partial charge on any atom is -0.245 e. The van der Waals surface area contributed by atoms with Crippen LogP contribution in [-0.2, 0) is 0 Å². The molecule has 0 bridgehead atoms. The highest BCUT2D eigenvalue weighted by atomic mass is 15.3. The molecule has 0 amide bonds. The lowest BCUT2D eigenvalue weighted by atomic mass is 10.0. The van der Waals surface area contributed by atoms with Crippen LogP contribution in [0.4, 0.5) is 5.95 Å². The van der Waals surface area contributed by atoms with Gasteiger partial charge in [-0.1, -0.05) is 66.2 Å². The predicted molar refractivity (Wildman–Crippen MR) is 112 cm³/mol. The van der Waals surface area contributed by atoms with Crippen molar-refractivity contribution in [3.63, 3.8) is 0 Å². The molecule has 0 aliphatic carbocycles. The van der Waals surface area contributed by atoms with Crippen molar-refractivity contribution in [1.82, 2.24) is 9.97 Å². The lowest BCUT2D eigenvalue weighted by molar-refractivity contribution is 1.15. The number of rotatable bonds is 4. The van der Waals surface area contributed by atoms with Gasteiger partial charge in [0.05, 0.1) is 17.4 Å². The summed E-state index contributed by atoms with van der Waals surface area (Å²) in [5.74, 6) is 0.482. The van der Waals surface area contributed by atoms with Crippen molar-refractivity contribution in [2.75, 3.05) is 5.43 Å². The van der Waals surface area contributed by atoms with Gasteiger partial charge in [-0.15, -0.1) is 0 Å². The van der Waals surface area contributed by atoms with Crippen molar-refractivity contribution in [2.45, 2.75) is 13.8 Å². The molecule has 1 N–H and O–H groups in total. The van der Waals surface area contributed by atoms with Gasteiger partial charge < -0.3 is 0 Å². The Morgan fingerprint density at radius 3 is 2.44 bits per heavy atom. The van der Waals surface area contributed by atoms with E-state index < -0.39 is 0 Å². The third kappa shape index (κ3) is 3.70. The van der Waals surface area contributed by atoms with Gasteiger partial charge in [-0.25, -0.2) is 15.4 Å². The van der Waals surface area contributed by atoms with Gasteiger partial charge in [0.25, 0.3) is 0 Å². The molecule has 0 atom stereocenters. The van der Waals surface area contributed by atoms with Crippen LogP contribution in [-0.4, -0.2) is 16.2 Å². The minimum absolute atomic E-state index is 0.482. The van der Waals surface area contributed by atoms with Crippen molar-refractivity contribution < 1.29 is 0 Å². The first-order valence-electron chi connectivity index (χ1n) is 8.89. The summed E-state index contributed by atoms with van der Waals surface area (Å²) < 4.78 is 0. The summed E-state index contributed by atoms with van der Waals surface area (Å²) in [5, 5.41) is 5.37. The standard InChI is InChI=1S/C23H20N4/c1-16-12-13-21-20(14-16)22(18-9-4-3-5-10-18)26-23(25-21)27-24-15-19-11-7-6-8-17(19)2/h3-15H,1-2H3,(H,25,26,27). The number of benzene rings is 3. The zero-order valence-electron chi connectivity index (χ0n) is 15.3. The number of fused-ring (bicyclic) bond motifs is 1. The molecule has 4 aromatic rings. The number of hydrogen-bond acceptors (Lipinski definition) is 4. The lowest BCUT2D eigenvalue weighted by Gasteiger charge is -2.09. The molecular weight excluding hydrogens is 332 g/mol. The average Bonchev–Trinajstić information content (AvgIpc) is 2.70. The van der Waals surface area contributed by atoms with E-state index in [9.17, 15) is 0 Å². The maximum atomic E-state index is 4.73. The van der Waals surface area contributed by atoms with Crippen LogP contribution in [0.2, 0.25) is 0 Å². The van der Waals surface area contributed by atoms with Gasteiger partial charge in [0.2, 0.25) is 5.95 Å². The SMILES string of the molecule is Cc1ccc2nc(NN=Cc3ccccc3C)nc(-c3ccccc3)c2c1. The summed E-state index contributed by atoms with van der Waals surface area (Å²) in [6.45, 7) is 4.14. The topological polar surface area (TPSA) is 50.2 Å². The fourth-order valence-electron chi connectivity index (χ4n) is 3.00. The molecular formula is C23H20N4. The molecule has 1 aromatic heterocycles. The first-order valence-corrected chi connectivity index (χ1v) is 8.89. The molecule has 0 saturated carbocycles. The molecule has 0 radical (unpaired) electrons. The molecule has 0 aliphatic rings. The number of hydrogen-bond donors (Lipinski definition) is 1. The third-order valence-corrected chi connectivity index (χ3v) is 4.46. The summed E-state index contributed by atoms with van der Waals surface area (Å²) in [6, 6.07) is 24.5. The second kappa shape index (κ2) is 7.38. The van der Waals surface area contributed by atoms with Gasteiger partial charge in [0.15, 0.2) is 0 Å². The monoisotopic (exact) mass is 352 g/mol. The van der Waals surface area contributed by atoms with Crippen LogP contribution in [0.1, 0.15) is 16.7 Å². The predicted octanol–water partition coefficient (Wildman–Crippen LogP) is 5.36. The summed E-state index contributed by atoms with van der Waals surface area (Å²) >= 11 is 0. The molecule has 0 aliphatic heterocycles. The van der Waals surface area contributed by atoms with Crippen molar-refractivity contribution in [2.24, 2.45) is 5.10 Å². The molecule has 0 unspecified atom stereocenters. The van der Waals surface area contributed by atoms with Crippen molar-refractivity contribution in [3.05, 3.63) is 89.5 Å². The van der Waals surface area contributed by atoms with Crippen LogP contribution in [0.15, 0.2) is 77.9 Å². The number of aromatic nitrogens is 2. The molecule has 27 heavy (non-hydrogen) atoms. The molecule has 3 aromatic carbocycles. The van der Waals surface area contributed by atoms with Crippen molar-refractivity contribution in [1.29, 1.82) is 0 Å². The largest absolute Gasteiger partial charge is 0.245 e. The van der Waals surface area contributed by atoms with Gasteiger partial charge in [0, 0.05) is 10.9 Å². The molecule has 1 heterocycles.